The van der Waals surface area contributed by atoms with Gasteiger partial charge in [0.05, 0.1) is 70.6 Å². The number of carbonyl (C=O) groups excluding carboxylic acids is 4. The van der Waals surface area contributed by atoms with Crippen LogP contribution in [0.1, 0.15) is 48.0 Å². The van der Waals surface area contributed by atoms with Crippen molar-refractivity contribution in [1.82, 2.24) is 21.3 Å². The molecule has 9 saturated heterocycles. The monoisotopic (exact) mass is 1700 g/mol. The Bertz CT molecular complexity index is 3170. The number of carbonyl (C=O) groups is 5. The van der Waals surface area contributed by atoms with E-state index in [4.69, 9.17) is 80.5 Å². The van der Waals surface area contributed by atoms with Gasteiger partial charge >= 0.3 is 5.97 Å². The van der Waals surface area contributed by atoms with E-state index in [9.17, 15) is 152 Å². The molecule has 0 unspecified atom stereocenters. The zero-order chi connectivity index (χ0) is 85.9. The average Bonchev–Trinajstić information content (AvgIpc) is 0.759. The van der Waals surface area contributed by atoms with E-state index < -0.39 is 364 Å². The highest BCUT2D eigenvalue weighted by molar-refractivity contribution is 5.77. The molecule has 0 aromatic heterocycles. The van der Waals surface area contributed by atoms with Crippen molar-refractivity contribution in [3.63, 3.8) is 0 Å². The fraction of sp³-hybridized carbons (Fsp3) is 0.923. The van der Waals surface area contributed by atoms with Gasteiger partial charge in [-0.15, -0.1) is 0 Å². The summed E-state index contributed by atoms with van der Waals surface area (Å²) >= 11 is 0. The molecule has 0 radical (unpaired) electrons. The quantitative estimate of drug-likeness (QED) is 0.0318. The van der Waals surface area contributed by atoms with Crippen LogP contribution in [-0.4, -0.2) is 485 Å². The Morgan fingerprint density at radius 2 is 0.681 bits per heavy atom. The van der Waals surface area contributed by atoms with E-state index in [0.29, 0.717) is 0 Å². The maximum atomic E-state index is 13.6. The number of aliphatic hydroxyl groups excluding tert-OH is 24. The van der Waals surface area contributed by atoms with Gasteiger partial charge in [0, 0.05) is 34.1 Å². The normalized spacial score (nSPS) is 48.2. The molecule has 0 aromatic carbocycles. The van der Waals surface area contributed by atoms with Crippen molar-refractivity contribution in [3.05, 3.63) is 0 Å². The number of rotatable bonds is 30. The number of aliphatic hydroxyl groups is 24. The topological polar surface area (TPSA) is 796 Å². The van der Waals surface area contributed by atoms with Crippen molar-refractivity contribution in [2.45, 2.75) is 330 Å². The zero-order valence-corrected chi connectivity index (χ0v) is 62.8. The molecular formula is C65H108N4O47. The van der Waals surface area contributed by atoms with Crippen LogP contribution in [0.15, 0.2) is 0 Å². The predicted octanol–water partition coefficient (Wildman–Crippen LogP) is -18.8. The Hall–Kier alpha value is -4.29. The van der Waals surface area contributed by atoms with E-state index in [1.165, 1.54) is 13.8 Å². The lowest BCUT2D eigenvalue weighted by atomic mass is 9.88. The Morgan fingerprint density at radius 3 is 1.09 bits per heavy atom. The summed E-state index contributed by atoms with van der Waals surface area (Å²) in [5, 5.41) is 288. The Kier molecular flexibility index (Phi) is 33.6. The van der Waals surface area contributed by atoms with Gasteiger partial charge in [-0.1, -0.05) is 0 Å². The third kappa shape index (κ3) is 20.6. The van der Waals surface area contributed by atoms with Gasteiger partial charge in [0.15, 0.2) is 50.3 Å². The van der Waals surface area contributed by atoms with Crippen LogP contribution in [-0.2, 0) is 104 Å². The lowest BCUT2D eigenvalue weighted by Crippen LogP contribution is -2.72. The minimum Gasteiger partial charge on any atom is -0.477 e. The Balaban J connectivity index is 1.00. The molecule has 9 fully saturated rings. The van der Waals surface area contributed by atoms with E-state index in [-0.39, 0.29) is 0 Å². The maximum absolute atomic E-state index is 13.6. The van der Waals surface area contributed by atoms with Crippen molar-refractivity contribution >= 4 is 29.6 Å². The standard InChI is InChI=1S/C65H108N4O47/c1-15-33(83)40(90)42(92)59(100-15)111-51-31(68-19(5)79)56(97)102-27(13-75)48(51)109-61-45(95)54(37(87)24(10-72)103-61)114-58-32(69-20(6)80)52(112-60-43(93)41(91)34(84)16(2)101-60)49(28(14-76)107-58)110-62-44(94)53(36(86)23(9-71)104-62)113-57-30(67-18(4)78)39(89)47(26(12-74)106-57)108-63-46(96)55(38(88)25(11-73)105-63)116-65(64(98)99)7-21(81)29(66-17(3)77)50(115-65)35(85)22(82)8-70/h15-16,21-63,70-76,81-97H,7-14H2,1-6H3,(H,66,77)(H,67,78)(H,68,79)(H,69,80)(H,98,99)/t15-,16-,21-,22+,23+,24+,25+,26+,27+,28+,29+,30+,31+,32+,33+,34+,35+,36-,37-,38-,39+,40+,41+,42-,43-,44+,45+,46+,47+,48+,49+,50+,51+,52+,53-,54-,55-,56+,57-,58-,59-,60-,61-,62-,63-,65-/m0/s1. The number of ether oxygens (including phenoxy) is 17. The molecule has 670 valence electrons. The van der Waals surface area contributed by atoms with Crippen LogP contribution in [0.3, 0.4) is 0 Å². The Morgan fingerprint density at radius 1 is 0.353 bits per heavy atom. The van der Waals surface area contributed by atoms with Gasteiger partial charge in [-0.3, -0.25) is 19.2 Å². The molecule has 51 nitrogen and oxygen atoms in total. The molecule has 0 bridgehead atoms. The van der Waals surface area contributed by atoms with Crippen LogP contribution >= 0.6 is 0 Å². The number of hydrogen-bond donors (Lipinski definition) is 29. The molecular weight excluding hydrogens is 1590 g/mol. The molecule has 0 aromatic rings. The van der Waals surface area contributed by atoms with Crippen LogP contribution in [0.25, 0.3) is 0 Å². The van der Waals surface area contributed by atoms with Crippen molar-refractivity contribution in [1.29, 1.82) is 0 Å². The summed E-state index contributed by atoms with van der Waals surface area (Å²) in [4.78, 5) is 64.7. The summed E-state index contributed by atoms with van der Waals surface area (Å²) < 4.78 is 101. The molecule has 116 heavy (non-hydrogen) atoms. The molecule has 51 heteroatoms. The third-order valence-corrected chi connectivity index (χ3v) is 21.3. The minimum atomic E-state index is -3.28. The fourth-order valence-corrected chi connectivity index (χ4v) is 15.2. The van der Waals surface area contributed by atoms with E-state index >= 15 is 0 Å². The molecule has 4 amide bonds. The lowest BCUT2D eigenvalue weighted by molar-refractivity contribution is -0.399. The molecule has 46 atom stereocenters. The number of amides is 4. The van der Waals surface area contributed by atoms with Crippen LogP contribution in [0.5, 0.6) is 0 Å². The first-order valence-corrected chi connectivity index (χ1v) is 37.0. The third-order valence-electron chi connectivity index (χ3n) is 21.3. The first-order chi connectivity index (χ1) is 54.6. The molecule has 9 aliphatic heterocycles. The highest BCUT2D eigenvalue weighted by Gasteiger charge is 2.64. The number of aliphatic carboxylic acids is 1. The van der Waals surface area contributed by atoms with Gasteiger partial charge in [0.1, 0.15) is 201 Å². The van der Waals surface area contributed by atoms with Crippen LogP contribution < -0.4 is 21.3 Å². The fourth-order valence-electron chi connectivity index (χ4n) is 15.2. The highest BCUT2D eigenvalue weighted by Crippen LogP contribution is 2.43. The molecule has 9 rings (SSSR count). The average molecular weight is 1700 g/mol. The molecule has 9 heterocycles. The zero-order valence-electron chi connectivity index (χ0n) is 62.8. The van der Waals surface area contributed by atoms with Gasteiger partial charge in [-0.25, -0.2) is 4.79 Å². The van der Waals surface area contributed by atoms with Gasteiger partial charge in [-0.05, 0) is 13.8 Å². The van der Waals surface area contributed by atoms with E-state index in [1.807, 2.05) is 0 Å². The molecule has 9 aliphatic rings. The first kappa shape index (κ1) is 95.5. The summed E-state index contributed by atoms with van der Waals surface area (Å²) in [6, 6.07) is -7.58. The smallest absolute Gasteiger partial charge is 0.364 e. The summed E-state index contributed by atoms with van der Waals surface area (Å²) in [7, 11) is 0. The van der Waals surface area contributed by atoms with Crippen LogP contribution in [0.2, 0.25) is 0 Å². The first-order valence-electron chi connectivity index (χ1n) is 37.0. The summed E-state index contributed by atoms with van der Waals surface area (Å²) in [6.45, 7) is -2.09. The van der Waals surface area contributed by atoms with Crippen molar-refractivity contribution in [2.75, 3.05) is 46.2 Å². The van der Waals surface area contributed by atoms with Gasteiger partial charge in [-0.2, -0.15) is 0 Å². The molecule has 29 N–H and O–H groups in total. The second-order valence-corrected chi connectivity index (χ2v) is 29.5. The lowest BCUT2D eigenvalue weighted by Gasteiger charge is -2.52. The second-order valence-electron chi connectivity index (χ2n) is 29.5. The minimum absolute atomic E-state index is 0.846. The van der Waals surface area contributed by atoms with Gasteiger partial charge in [0.25, 0.3) is 5.79 Å². The van der Waals surface area contributed by atoms with Crippen molar-refractivity contribution < 1.29 is 232 Å². The van der Waals surface area contributed by atoms with Crippen LogP contribution in [0.4, 0.5) is 0 Å². The van der Waals surface area contributed by atoms with E-state index in [0.717, 1.165) is 27.7 Å². The van der Waals surface area contributed by atoms with Crippen molar-refractivity contribution in [3.8, 4) is 0 Å². The van der Waals surface area contributed by atoms with E-state index in [1.54, 1.807) is 0 Å². The van der Waals surface area contributed by atoms with Gasteiger partial charge < -0.3 is 229 Å². The van der Waals surface area contributed by atoms with Crippen LogP contribution in [0, 0.1) is 0 Å². The SMILES string of the molecule is CC(=O)N[C@@H]1[C@@H](O[C@@H]2O[C@@H](C)[C@@H](O)[C@@H](O)[C@@H]2O)[C@H](O[C@@H]2O[C@H](CO)[C@H](O)[C@H](O[C@@H]3O[C@H](CO)[C@@H](O[C@@H]4O[C@H](CO)[C@H](O)[C@H](O[C@@H]5O[C@H](CO)[C@@H](O[C@@H]6O[C@H](CO)[C@H](O)[C@H](O[C@]7(C(=O)O)C[C@H](O)[C@@H](NC(C)=O)[C@H]([C@H](O)[C@H](O)CO)O7)[C@H]6O)[C@H](O)[C@H]5NC(C)=O)[C@H]4O)[C@H](O[C@@H]4O[C@@H](C)[C@@H](O)[C@@H](O)[C@@H]4O)[C@H]3NC(C)=O)[C@H]2O)[C@@H](CO)O[C@H]1O. The molecule has 0 aliphatic carbocycles. The Labute approximate surface area is 657 Å². The number of carboxylic acid groups (broad SMARTS) is 1. The molecule has 0 saturated carbocycles. The molecule has 0 spiro atoms. The predicted molar refractivity (Wildman–Crippen MR) is 358 cm³/mol. The second kappa shape index (κ2) is 40.8. The number of hydrogen-bond acceptors (Lipinski definition) is 46. The largest absolute Gasteiger partial charge is 0.477 e. The summed E-state index contributed by atoms with van der Waals surface area (Å²) in [6.07, 6.45) is -87.2. The van der Waals surface area contributed by atoms with Crippen molar-refractivity contribution in [2.24, 2.45) is 0 Å². The maximum Gasteiger partial charge on any atom is 0.364 e. The van der Waals surface area contributed by atoms with Gasteiger partial charge in [0.2, 0.25) is 23.6 Å². The number of nitrogens with one attached hydrogen (secondary N) is 4. The highest BCUT2D eigenvalue weighted by atomic mass is 16.8. The van der Waals surface area contributed by atoms with E-state index in [2.05, 4.69) is 21.3 Å². The summed E-state index contributed by atoms with van der Waals surface area (Å²) in [5.41, 5.74) is 0. The summed E-state index contributed by atoms with van der Waals surface area (Å²) in [5.74, 6) is -9.16. The number of carboxylic acids is 1.